The Morgan fingerprint density at radius 2 is 1.80 bits per heavy atom. The Hall–Kier alpha value is -2.00. The molecule has 1 aliphatic carbocycles. The fourth-order valence-corrected chi connectivity index (χ4v) is 3.67. The van der Waals surface area contributed by atoms with Crippen LogP contribution in [0.5, 0.6) is 11.5 Å². The molecule has 0 aromatic heterocycles. The van der Waals surface area contributed by atoms with Crippen molar-refractivity contribution in [3.63, 3.8) is 0 Å². The summed E-state index contributed by atoms with van der Waals surface area (Å²) in [5.41, 5.74) is 4.48. The molecule has 0 spiro atoms. The number of phenols is 2. The second-order valence-corrected chi connectivity index (χ2v) is 7.46. The lowest BCUT2D eigenvalue weighted by molar-refractivity contribution is 0.199. The molecule has 1 aromatic carbocycles. The fourth-order valence-electron chi connectivity index (χ4n) is 3.67. The largest absolute Gasteiger partial charge is 0.507 e. The number of aliphatic hydroxyl groups excluding tert-OH is 1. The van der Waals surface area contributed by atoms with Gasteiger partial charge in [-0.25, -0.2) is 0 Å². The van der Waals surface area contributed by atoms with Crippen LogP contribution in [0.3, 0.4) is 0 Å². The molecule has 1 aliphatic rings. The SMILES string of the molecule is C=C(C)[C@@H](O)CCC(=C)[C@@H]1CCC(C)=C[C@H]1c1c(O)cc(C)cc1O. The molecule has 25 heavy (non-hydrogen) atoms. The van der Waals surface area contributed by atoms with Crippen molar-refractivity contribution in [2.75, 3.05) is 0 Å². The Morgan fingerprint density at radius 1 is 1.20 bits per heavy atom. The summed E-state index contributed by atoms with van der Waals surface area (Å²) in [5, 5.41) is 30.8. The van der Waals surface area contributed by atoms with Crippen LogP contribution in [-0.2, 0) is 0 Å². The second-order valence-electron chi connectivity index (χ2n) is 7.46. The van der Waals surface area contributed by atoms with E-state index >= 15 is 0 Å². The van der Waals surface area contributed by atoms with E-state index in [9.17, 15) is 15.3 Å². The Balaban J connectivity index is 2.29. The fraction of sp³-hybridized carbons (Fsp3) is 0.455. The van der Waals surface area contributed by atoms with E-state index in [0.717, 1.165) is 29.6 Å². The lowest BCUT2D eigenvalue weighted by atomic mass is 9.72. The second kappa shape index (κ2) is 7.92. The third kappa shape index (κ3) is 4.55. The number of phenolic OH excluding ortho intramolecular Hbond substituents is 2. The van der Waals surface area contributed by atoms with Crippen LogP contribution in [0.2, 0.25) is 0 Å². The van der Waals surface area contributed by atoms with Gasteiger partial charge in [0, 0.05) is 11.5 Å². The number of rotatable bonds is 6. The first-order valence-electron chi connectivity index (χ1n) is 8.91. The van der Waals surface area contributed by atoms with Crippen LogP contribution in [0.4, 0.5) is 0 Å². The van der Waals surface area contributed by atoms with Crippen LogP contribution < -0.4 is 0 Å². The molecule has 0 heterocycles. The van der Waals surface area contributed by atoms with Gasteiger partial charge < -0.3 is 15.3 Å². The summed E-state index contributed by atoms with van der Waals surface area (Å²) in [6, 6.07) is 3.38. The van der Waals surface area contributed by atoms with E-state index in [1.165, 1.54) is 5.57 Å². The maximum absolute atomic E-state index is 10.4. The quantitative estimate of drug-likeness (QED) is 0.629. The van der Waals surface area contributed by atoms with Gasteiger partial charge in [0.25, 0.3) is 0 Å². The molecule has 0 saturated heterocycles. The van der Waals surface area contributed by atoms with Gasteiger partial charge in [0.1, 0.15) is 11.5 Å². The van der Waals surface area contributed by atoms with Crippen molar-refractivity contribution in [3.05, 3.63) is 59.2 Å². The summed E-state index contributed by atoms with van der Waals surface area (Å²) < 4.78 is 0. The first-order valence-corrected chi connectivity index (χ1v) is 8.91. The molecule has 0 radical (unpaired) electrons. The van der Waals surface area contributed by atoms with E-state index in [1.807, 2.05) is 13.8 Å². The minimum Gasteiger partial charge on any atom is -0.507 e. The summed E-state index contributed by atoms with van der Waals surface area (Å²) in [6.45, 7) is 13.8. The molecule has 3 N–H and O–H groups in total. The van der Waals surface area contributed by atoms with Crippen LogP contribution in [0.15, 0.2) is 48.1 Å². The van der Waals surface area contributed by atoms with Crippen molar-refractivity contribution in [2.45, 2.75) is 58.5 Å². The Morgan fingerprint density at radius 3 is 2.36 bits per heavy atom. The number of hydrogen-bond acceptors (Lipinski definition) is 3. The molecule has 136 valence electrons. The number of hydrogen-bond donors (Lipinski definition) is 3. The smallest absolute Gasteiger partial charge is 0.123 e. The van der Waals surface area contributed by atoms with Crippen molar-refractivity contribution >= 4 is 0 Å². The first-order chi connectivity index (χ1) is 11.7. The third-order valence-electron chi connectivity index (χ3n) is 5.19. The minimum atomic E-state index is -0.516. The molecule has 0 amide bonds. The molecule has 2 rings (SSSR count). The van der Waals surface area contributed by atoms with E-state index in [1.54, 1.807) is 12.1 Å². The highest BCUT2D eigenvalue weighted by atomic mass is 16.3. The molecule has 3 heteroatoms. The predicted molar refractivity (Wildman–Crippen MR) is 103 cm³/mol. The Labute approximate surface area is 151 Å². The average molecular weight is 342 g/mol. The molecule has 0 saturated carbocycles. The monoisotopic (exact) mass is 342 g/mol. The van der Waals surface area contributed by atoms with Crippen LogP contribution in [0.25, 0.3) is 0 Å². The van der Waals surface area contributed by atoms with Gasteiger partial charge in [-0.2, -0.15) is 0 Å². The third-order valence-corrected chi connectivity index (χ3v) is 5.19. The molecule has 0 bridgehead atoms. The number of benzene rings is 1. The zero-order chi connectivity index (χ0) is 18.7. The summed E-state index contributed by atoms with van der Waals surface area (Å²) >= 11 is 0. The highest BCUT2D eigenvalue weighted by Gasteiger charge is 2.31. The van der Waals surface area contributed by atoms with Crippen LogP contribution >= 0.6 is 0 Å². The van der Waals surface area contributed by atoms with Crippen molar-refractivity contribution in [3.8, 4) is 11.5 Å². The van der Waals surface area contributed by atoms with Crippen LogP contribution in [0, 0.1) is 12.8 Å². The van der Waals surface area contributed by atoms with Gasteiger partial charge in [-0.1, -0.05) is 36.0 Å². The number of allylic oxidation sites excluding steroid dienone is 3. The molecule has 3 nitrogen and oxygen atoms in total. The van der Waals surface area contributed by atoms with E-state index in [2.05, 4.69) is 26.2 Å². The molecule has 1 aromatic rings. The van der Waals surface area contributed by atoms with Crippen LogP contribution in [0.1, 0.15) is 56.6 Å². The van der Waals surface area contributed by atoms with Gasteiger partial charge in [0.2, 0.25) is 0 Å². The van der Waals surface area contributed by atoms with Crippen molar-refractivity contribution < 1.29 is 15.3 Å². The highest BCUT2D eigenvalue weighted by Crippen LogP contribution is 2.47. The highest BCUT2D eigenvalue weighted by molar-refractivity contribution is 5.51. The number of aromatic hydroxyl groups is 2. The standard InChI is InChI=1S/C22H30O3/c1-13(2)19(23)9-7-16(5)17-8-6-14(3)10-18(17)22-20(24)11-15(4)12-21(22)25/h10-12,17-19,23-25H,1,5-9H2,2-4H3/t17-,18+,19-/m0/s1. The van der Waals surface area contributed by atoms with Gasteiger partial charge in [0.15, 0.2) is 0 Å². The maximum atomic E-state index is 10.4. The first kappa shape index (κ1) is 19.3. The molecule has 0 unspecified atom stereocenters. The Bertz CT molecular complexity index is 676. The predicted octanol–water partition coefficient (Wildman–Crippen LogP) is 5.12. The van der Waals surface area contributed by atoms with Crippen molar-refractivity contribution in [1.82, 2.24) is 0 Å². The van der Waals surface area contributed by atoms with Crippen molar-refractivity contribution in [2.24, 2.45) is 5.92 Å². The average Bonchev–Trinajstić information content (AvgIpc) is 2.51. The number of aryl methyl sites for hydroxylation is 1. The van der Waals surface area contributed by atoms with E-state index in [4.69, 9.17) is 0 Å². The lowest BCUT2D eigenvalue weighted by Crippen LogP contribution is -2.19. The summed E-state index contributed by atoms with van der Waals surface area (Å²) in [5.74, 6) is 0.311. The molecular formula is C22H30O3. The normalized spacial score (nSPS) is 21.5. The maximum Gasteiger partial charge on any atom is 0.123 e. The van der Waals surface area contributed by atoms with E-state index in [-0.39, 0.29) is 23.3 Å². The number of aliphatic hydroxyl groups is 1. The summed E-state index contributed by atoms with van der Waals surface area (Å²) in [4.78, 5) is 0. The van der Waals surface area contributed by atoms with Gasteiger partial charge in [-0.05, 0) is 70.1 Å². The van der Waals surface area contributed by atoms with Gasteiger partial charge in [-0.3, -0.25) is 0 Å². The minimum absolute atomic E-state index is 0.0937. The topological polar surface area (TPSA) is 60.7 Å². The van der Waals surface area contributed by atoms with Gasteiger partial charge in [0.05, 0.1) is 6.10 Å². The molecule has 0 aliphatic heterocycles. The van der Waals surface area contributed by atoms with Crippen LogP contribution in [-0.4, -0.2) is 21.4 Å². The summed E-state index contributed by atoms with van der Waals surface area (Å²) in [6.07, 6.45) is 4.84. The summed E-state index contributed by atoms with van der Waals surface area (Å²) in [7, 11) is 0. The van der Waals surface area contributed by atoms with Gasteiger partial charge in [-0.15, -0.1) is 0 Å². The molecule has 3 atom stereocenters. The molecular weight excluding hydrogens is 312 g/mol. The molecule has 0 fully saturated rings. The van der Waals surface area contributed by atoms with E-state index in [0.29, 0.717) is 18.4 Å². The Kier molecular flexibility index (Phi) is 6.12. The van der Waals surface area contributed by atoms with Crippen molar-refractivity contribution in [1.29, 1.82) is 0 Å². The lowest BCUT2D eigenvalue weighted by Gasteiger charge is -2.33. The zero-order valence-electron chi connectivity index (χ0n) is 15.5. The van der Waals surface area contributed by atoms with E-state index < -0.39 is 6.10 Å². The van der Waals surface area contributed by atoms with Gasteiger partial charge >= 0.3 is 0 Å². The zero-order valence-corrected chi connectivity index (χ0v) is 15.5.